The summed E-state index contributed by atoms with van der Waals surface area (Å²) in [4.78, 5) is 0. The Balaban J connectivity index is 2.28. The van der Waals surface area contributed by atoms with Crippen LogP contribution in [-0.2, 0) is 0 Å². The van der Waals surface area contributed by atoms with Gasteiger partial charge in [-0.1, -0.05) is 28.5 Å². The fourth-order valence-electron chi connectivity index (χ4n) is 0.549. The van der Waals surface area contributed by atoms with Crippen LogP contribution in [0.1, 0.15) is 6.92 Å². The van der Waals surface area contributed by atoms with Gasteiger partial charge in [-0.15, -0.1) is 0 Å². The maximum atomic E-state index is 9.14. The van der Waals surface area contributed by atoms with Gasteiger partial charge in [0.25, 0.3) is 0 Å². The lowest BCUT2D eigenvalue weighted by atomic mass is 10.1. The molecular weight excluding hydrogens is 140 g/mol. The number of aliphatic hydroxyl groups is 1. The van der Waals surface area contributed by atoms with Crippen molar-refractivity contribution < 1.29 is 5.11 Å². The Morgan fingerprint density at radius 3 is 2.38 bits per heavy atom. The molecule has 0 spiro atoms. The topological polar surface area (TPSA) is 20.2 Å². The first-order valence-electron chi connectivity index (χ1n) is 2.73. The van der Waals surface area contributed by atoms with Crippen LogP contribution in [0.5, 0.6) is 0 Å². The Bertz CT molecular complexity index is 66.8. The van der Waals surface area contributed by atoms with Crippen LogP contribution in [0.15, 0.2) is 0 Å². The Kier molecular flexibility index (Phi) is 2.53. The summed E-state index contributed by atoms with van der Waals surface area (Å²) in [5, 5.41) is 9.14. The molecule has 1 heterocycles. The maximum Gasteiger partial charge on any atom is 0.0672 e. The normalized spacial score (nSPS) is 39.8. The molecule has 1 fully saturated rings. The van der Waals surface area contributed by atoms with E-state index in [2.05, 4.69) is 6.92 Å². The molecule has 8 heavy (non-hydrogen) atoms. The summed E-state index contributed by atoms with van der Waals surface area (Å²) in [5.41, 5.74) is 0. The quantitative estimate of drug-likeness (QED) is 0.527. The fraction of sp³-hybridized carbons (Fsp3) is 1.00. The van der Waals surface area contributed by atoms with E-state index >= 15 is 0 Å². The third-order valence-electron chi connectivity index (χ3n) is 1.31. The Labute approximate surface area is 57.6 Å². The number of aliphatic hydroxyl groups excluding tert-OH is 1. The minimum atomic E-state index is -0.0544. The predicted molar refractivity (Wildman–Crippen MR) is 40.1 cm³/mol. The van der Waals surface area contributed by atoms with E-state index in [9.17, 15) is 0 Å². The van der Waals surface area contributed by atoms with Crippen molar-refractivity contribution in [3.8, 4) is 0 Å². The van der Waals surface area contributed by atoms with Crippen molar-refractivity contribution in [1.29, 1.82) is 0 Å². The van der Waals surface area contributed by atoms with Gasteiger partial charge in [-0.05, 0) is 5.92 Å². The van der Waals surface area contributed by atoms with Gasteiger partial charge >= 0.3 is 0 Å². The smallest absolute Gasteiger partial charge is 0.0672 e. The SMILES string of the molecule is C[C@@H]1CSSC[C@H]1O. The van der Waals surface area contributed by atoms with Crippen LogP contribution in [0.4, 0.5) is 0 Å². The molecule has 0 aromatic heterocycles. The second-order valence-electron chi connectivity index (χ2n) is 2.11. The number of hydrogen-bond acceptors (Lipinski definition) is 3. The van der Waals surface area contributed by atoms with Crippen LogP contribution in [0, 0.1) is 5.92 Å². The van der Waals surface area contributed by atoms with E-state index in [4.69, 9.17) is 5.11 Å². The largest absolute Gasteiger partial charge is 0.392 e. The Hall–Kier alpha value is 0.660. The highest BCUT2D eigenvalue weighted by Crippen LogP contribution is 2.32. The van der Waals surface area contributed by atoms with Gasteiger partial charge in [-0.2, -0.15) is 0 Å². The average Bonchev–Trinajstić information content (AvgIpc) is 1.77. The molecule has 0 aliphatic carbocycles. The molecule has 48 valence electrons. The van der Waals surface area contributed by atoms with Gasteiger partial charge in [-0.3, -0.25) is 0 Å². The van der Waals surface area contributed by atoms with Gasteiger partial charge in [-0.25, -0.2) is 0 Å². The van der Waals surface area contributed by atoms with Crippen LogP contribution in [0.2, 0.25) is 0 Å². The van der Waals surface area contributed by atoms with Crippen LogP contribution in [0.25, 0.3) is 0 Å². The maximum absolute atomic E-state index is 9.14. The van der Waals surface area contributed by atoms with E-state index < -0.39 is 0 Å². The van der Waals surface area contributed by atoms with E-state index in [-0.39, 0.29) is 6.10 Å². The molecule has 0 saturated carbocycles. The zero-order valence-electron chi connectivity index (χ0n) is 4.83. The summed E-state index contributed by atoms with van der Waals surface area (Å²) < 4.78 is 0. The summed E-state index contributed by atoms with van der Waals surface area (Å²) in [7, 11) is 3.64. The van der Waals surface area contributed by atoms with E-state index in [0.717, 1.165) is 11.5 Å². The average molecular weight is 150 g/mol. The lowest BCUT2D eigenvalue weighted by molar-refractivity contribution is 0.150. The van der Waals surface area contributed by atoms with Crippen molar-refractivity contribution in [2.45, 2.75) is 13.0 Å². The van der Waals surface area contributed by atoms with Crippen LogP contribution in [0.3, 0.4) is 0 Å². The molecule has 1 saturated heterocycles. The molecule has 1 rings (SSSR count). The van der Waals surface area contributed by atoms with Gasteiger partial charge in [0, 0.05) is 11.5 Å². The van der Waals surface area contributed by atoms with Crippen LogP contribution >= 0.6 is 21.6 Å². The second-order valence-corrected chi connectivity index (χ2v) is 4.67. The van der Waals surface area contributed by atoms with Crippen molar-refractivity contribution >= 4 is 21.6 Å². The van der Waals surface area contributed by atoms with Crippen molar-refractivity contribution in [3.05, 3.63) is 0 Å². The van der Waals surface area contributed by atoms with E-state index in [1.807, 2.05) is 10.8 Å². The lowest BCUT2D eigenvalue weighted by Gasteiger charge is -2.22. The van der Waals surface area contributed by atoms with Gasteiger partial charge in [0.1, 0.15) is 0 Å². The van der Waals surface area contributed by atoms with Gasteiger partial charge in [0.05, 0.1) is 6.10 Å². The molecule has 0 aromatic rings. The summed E-state index contributed by atoms with van der Waals surface area (Å²) in [6.07, 6.45) is -0.0544. The van der Waals surface area contributed by atoms with Crippen LogP contribution < -0.4 is 0 Å². The highest BCUT2D eigenvalue weighted by atomic mass is 33.1. The van der Waals surface area contributed by atoms with E-state index in [0.29, 0.717) is 5.92 Å². The first-order chi connectivity index (χ1) is 3.80. The zero-order chi connectivity index (χ0) is 5.98. The molecule has 0 bridgehead atoms. The molecule has 1 aliphatic heterocycles. The molecule has 0 unspecified atom stereocenters. The lowest BCUT2D eigenvalue weighted by Crippen LogP contribution is -2.24. The Morgan fingerprint density at radius 1 is 1.38 bits per heavy atom. The van der Waals surface area contributed by atoms with E-state index in [1.54, 1.807) is 10.8 Å². The van der Waals surface area contributed by atoms with Gasteiger partial charge in [0.15, 0.2) is 0 Å². The Morgan fingerprint density at radius 2 is 2.00 bits per heavy atom. The standard InChI is InChI=1S/C5H10OS2/c1-4-2-7-8-3-5(4)6/h4-6H,2-3H2,1H3/t4-,5-/m1/s1. The molecule has 0 amide bonds. The molecule has 1 nitrogen and oxygen atoms in total. The van der Waals surface area contributed by atoms with Crippen molar-refractivity contribution in [1.82, 2.24) is 0 Å². The molecular formula is C5H10OS2. The molecule has 1 aliphatic rings. The summed E-state index contributed by atoms with van der Waals surface area (Å²) >= 11 is 0. The predicted octanol–water partition coefficient (Wildman–Crippen LogP) is 1.38. The summed E-state index contributed by atoms with van der Waals surface area (Å²) in [6.45, 7) is 2.09. The zero-order valence-corrected chi connectivity index (χ0v) is 6.47. The number of rotatable bonds is 0. The summed E-state index contributed by atoms with van der Waals surface area (Å²) in [6, 6.07) is 0. The van der Waals surface area contributed by atoms with Crippen LogP contribution in [-0.4, -0.2) is 22.7 Å². The third kappa shape index (κ3) is 1.57. The second kappa shape index (κ2) is 2.99. The molecule has 2 atom stereocenters. The third-order valence-corrected chi connectivity index (χ3v) is 3.93. The monoisotopic (exact) mass is 150 g/mol. The molecule has 1 N–H and O–H groups in total. The van der Waals surface area contributed by atoms with Crippen molar-refractivity contribution in [2.24, 2.45) is 5.92 Å². The molecule has 0 radical (unpaired) electrons. The minimum Gasteiger partial charge on any atom is -0.392 e. The molecule has 3 heteroatoms. The highest BCUT2D eigenvalue weighted by molar-refractivity contribution is 8.76. The minimum absolute atomic E-state index is 0.0544. The first-order valence-corrected chi connectivity index (χ1v) is 5.22. The molecule has 0 aromatic carbocycles. The van der Waals surface area contributed by atoms with Gasteiger partial charge < -0.3 is 5.11 Å². The highest BCUT2D eigenvalue weighted by Gasteiger charge is 2.18. The first kappa shape index (κ1) is 6.78. The van der Waals surface area contributed by atoms with Crippen molar-refractivity contribution in [3.63, 3.8) is 0 Å². The van der Waals surface area contributed by atoms with Crippen molar-refractivity contribution in [2.75, 3.05) is 11.5 Å². The van der Waals surface area contributed by atoms with E-state index in [1.165, 1.54) is 0 Å². The fourth-order valence-corrected chi connectivity index (χ4v) is 3.29. The summed E-state index contributed by atoms with van der Waals surface area (Å²) in [5.74, 6) is 2.51. The number of hydrogen-bond donors (Lipinski definition) is 1. The van der Waals surface area contributed by atoms with Gasteiger partial charge in [0.2, 0.25) is 0 Å².